The predicted octanol–water partition coefficient (Wildman–Crippen LogP) is 1.59. The van der Waals surface area contributed by atoms with Crippen molar-refractivity contribution in [3.05, 3.63) is 36.0 Å². The summed E-state index contributed by atoms with van der Waals surface area (Å²) in [5, 5.41) is 13.2. The maximum absolute atomic E-state index is 9.01. The normalized spacial score (nSPS) is 10.4. The number of rotatable bonds is 3. The van der Waals surface area contributed by atoms with Gasteiger partial charge in [-0.05, 0) is 30.3 Å². The van der Waals surface area contributed by atoms with Gasteiger partial charge in [0.25, 0.3) is 0 Å². The highest BCUT2D eigenvalue weighted by Crippen LogP contribution is 2.22. The van der Waals surface area contributed by atoms with Crippen molar-refractivity contribution in [2.24, 2.45) is 7.05 Å². The highest BCUT2D eigenvalue weighted by Gasteiger charge is 2.06. The molecular formula is C12H14N2O2. The first-order chi connectivity index (χ1) is 7.74. The molecule has 1 aromatic heterocycles. The van der Waals surface area contributed by atoms with Crippen LogP contribution in [0.4, 0.5) is 0 Å². The lowest BCUT2D eigenvalue weighted by Crippen LogP contribution is -1.94. The lowest BCUT2D eigenvalue weighted by atomic mass is 10.1. The van der Waals surface area contributed by atoms with Gasteiger partial charge in [-0.1, -0.05) is 0 Å². The van der Waals surface area contributed by atoms with Gasteiger partial charge in [0.15, 0.2) is 0 Å². The second-order valence-corrected chi connectivity index (χ2v) is 3.53. The van der Waals surface area contributed by atoms with Crippen LogP contribution in [0, 0.1) is 0 Å². The molecule has 84 valence electrons. The molecule has 0 spiro atoms. The molecule has 0 amide bonds. The molecule has 0 aliphatic heterocycles. The average molecular weight is 218 g/mol. The Hall–Kier alpha value is -1.81. The number of hydrogen-bond acceptors (Lipinski definition) is 3. The van der Waals surface area contributed by atoms with Gasteiger partial charge in [-0.3, -0.25) is 4.68 Å². The van der Waals surface area contributed by atoms with E-state index in [0.717, 1.165) is 17.0 Å². The molecule has 0 aliphatic carbocycles. The van der Waals surface area contributed by atoms with Crippen LogP contribution in [0.2, 0.25) is 0 Å². The molecule has 0 aliphatic rings. The third kappa shape index (κ3) is 1.92. The largest absolute Gasteiger partial charge is 0.497 e. The van der Waals surface area contributed by atoms with E-state index in [1.54, 1.807) is 11.8 Å². The van der Waals surface area contributed by atoms with Gasteiger partial charge in [-0.25, -0.2) is 0 Å². The fourth-order valence-corrected chi connectivity index (χ4v) is 1.64. The van der Waals surface area contributed by atoms with Crippen molar-refractivity contribution in [3.8, 4) is 17.0 Å². The second kappa shape index (κ2) is 4.37. The molecule has 0 radical (unpaired) electrons. The van der Waals surface area contributed by atoms with Gasteiger partial charge in [-0.2, -0.15) is 5.10 Å². The van der Waals surface area contributed by atoms with Crippen LogP contribution >= 0.6 is 0 Å². The summed E-state index contributed by atoms with van der Waals surface area (Å²) in [7, 11) is 3.50. The monoisotopic (exact) mass is 218 g/mol. The van der Waals surface area contributed by atoms with E-state index in [1.165, 1.54) is 0 Å². The van der Waals surface area contributed by atoms with Crippen LogP contribution in [-0.2, 0) is 13.7 Å². The highest BCUT2D eigenvalue weighted by molar-refractivity contribution is 5.60. The minimum absolute atomic E-state index is 0.0377. The van der Waals surface area contributed by atoms with Crippen molar-refractivity contribution in [2.75, 3.05) is 7.11 Å². The molecular weight excluding hydrogens is 204 g/mol. The lowest BCUT2D eigenvalue weighted by molar-refractivity contribution is 0.275. The van der Waals surface area contributed by atoms with Crippen molar-refractivity contribution in [2.45, 2.75) is 6.61 Å². The van der Waals surface area contributed by atoms with Crippen molar-refractivity contribution < 1.29 is 9.84 Å². The van der Waals surface area contributed by atoms with E-state index in [2.05, 4.69) is 5.10 Å². The minimum atomic E-state index is -0.0377. The Balaban J connectivity index is 2.38. The third-order valence-electron chi connectivity index (χ3n) is 2.48. The number of aromatic nitrogens is 2. The zero-order valence-corrected chi connectivity index (χ0v) is 9.34. The molecule has 4 nitrogen and oxygen atoms in total. The number of aryl methyl sites for hydroxylation is 1. The molecule has 0 fully saturated rings. The number of hydrogen-bond donors (Lipinski definition) is 1. The van der Waals surface area contributed by atoms with Gasteiger partial charge >= 0.3 is 0 Å². The Morgan fingerprint density at radius 1 is 1.31 bits per heavy atom. The molecule has 1 heterocycles. The number of ether oxygens (including phenoxy) is 1. The zero-order valence-electron chi connectivity index (χ0n) is 9.34. The number of aliphatic hydroxyl groups is 1. The van der Waals surface area contributed by atoms with Crippen LogP contribution in [0.15, 0.2) is 30.3 Å². The maximum Gasteiger partial charge on any atom is 0.118 e. The molecule has 1 aromatic carbocycles. The molecule has 2 aromatic rings. The summed E-state index contributed by atoms with van der Waals surface area (Å²) < 4.78 is 6.86. The SMILES string of the molecule is COc1ccc(-c2cc(CO)nn2C)cc1. The molecule has 0 saturated heterocycles. The smallest absolute Gasteiger partial charge is 0.118 e. The summed E-state index contributed by atoms with van der Waals surface area (Å²) in [6.07, 6.45) is 0. The number of benzene rings is 1. The summed E-state index contributed by atoms with van der Waals surface area (Å²) in [4.78, 5) is 0. The highest BCUT2D eigenvalue weighted by atomic mass is 16.5. The van der Waals surface area contributed by atoms with Crippen molar-refractivity contribution in [1.29, 1.82) is 0 Å². The second-order valence-electron chi connectivity index (χ2n) is 3.53. The summed E-state index contributed by atoms with van der Waals surface area (Å²) >= 11 is 0. The van der Waals surface area contributed by atoms with E-state index in [1.807, 2.05) is 37.4 Å². The lowest BCUT2D eigenvalue weighted by Gasteiger charge is -2.03. The van der Waals surface area contributed by atoms with E-state index >= 15 is 0 Å². The maximum atomic E-state index is 9.01. The van der Waals surface area contributed by atoms with Gasteiger partial charge in [0.05, 0.1) is 25.1 Å². The summed E-state index contributed by atoms with van der Waals surface area (Å²) in [6, 6.07) is 9.62. The van der Waals surface area contributed by atoms with Crippen LogP contribution in [0.5, 0.6) is 5.75 Å². The first-order valence-electron chi connectivity index (χ1n) is 5.03. The van der Waals surface area contributed by atoms with Gasteiger partial charge in [-0.15, -0.1) is 0 Å². The first-order valence-corrected chi connectivity index (χ1v) is 5.03. The topological polar surface area (TPSA) is 47.3 Å². The van der Waals surface area contributed by atoms with E-state index in [-0.39, 0.29) is 6.61 Å². The molecule has 1 N–H and O–H groups in total. The van der Waals surface area contributed by atoms with E-state index in [9.17, 15) is 0 Å². The quantitative estimate of drug-likeness (QED) is 0.851. The fourth-order valence-electron chi connectivity index (χ4n) is 1.64. The van der Waals surface area contributed by atoms with Crippen molar-refractivity contribution in [3.63, 3.8) is 0 Å². The van der Waals surface area contributed by atoms with Crippen molar-refractivity contribution >= 4 is 0 Å². The molecule has 0 saturated carbocycles. The van der Waals surface area contributed by atoms with Crippen molar-refractivity contribution in [1.82, 2.24) is 9.78 Å². The fraction of sp³-hybridized carbons (Fsp3) is 0.250. The molecule has 2 rings (SSSR count). The first kappa shape index (κ1) is 10.7. The molecule has 0 atom stereocenters. The third-order valence-corrected chi connectivity index (χ3v) is 2.48. The van der Waals surface area contributed by atoms with Gasteiger partial charge in [0.1, 0.15) is 5.75 Å². The predicted molar refractivity (Wildman–Crippen MR) is 61.1 cm³/mol. The summed E-state index contributed by atoms with van der Waals surface area (Å²) in [6.45, 7) is -0.0377. The van der Waals surface area contributed by atoms with E-state index in [0.29, 0.717) is 5.69 Å². The van der Waals surface area contributed by atoms with Crippen LogP contribution in [0.25, 0.3) is 11.3 Å². The van der Waals surface area contributed by atoms with E-state index in [4.69, 9.17) is 9.84 Å². The van der Waals surface area contributed by atoms with Crippen LogP contribution < -0.4 is 4.74 Å². The Morgan fingerprint density at radius 3 is 2.50 bits per heavy atom. The summed E-state index contributed by atoms with van der Waals surface area (Å²) in [5.74, 6) is 0.827. The van der Waals surface area contributed by atoms with Crippen LogP contribution in [-0.4, -0.2) is 22.0 Å². The molecule has 4 heteroatoms. The number of methoxy groups -OCH3 is 1. The van der Waals surface area contributed by atoms with Crippen LogP contribution in [0.3, 0.4) is 0 Å². The number of nitrogens with zero attached hydrogens (tertiary/aromatic N) is 2. The van der Waals surface area contributed by atoms with Gasteiger partial charge in [0, 0.05) is 12.6 Å². The Labute approximate surface area is 94.1 Å². The Morgan fingerprint density at radius 2 is 2.00 bits per heavy atom. The van der Waals surface area contributed by atoms with E-state index < -0.39 is 0 Å². The Bertz CT molecular complexity index is 474. The standard InChI is InChI=1S/C12H14N2O2/c1-14-12(7-10(8-15)13-14)9-3-5-11(16-2)6-4-9/h3-7,15H,8H2,1-2H3. The van der Waals surface area contributed by atoms with Gasteiger partial charge in [0.2, 0.25) is 0 Å². The van der Waals surface area contributed by atoms with Gasteiger partial charge < -0.3 is 9.84 Å². The number of aliphatic hydroxyl groups excluding tert-OH is 1. The minimum Gasteiger partial charge on any atom is -0.497 e. The molecule has 0 unspecified atom stereocenters. The average Bonchev–Trinajstić information content (AvgIpc) is 2.71. The molecule has 0 bridgehead atoms. The zero-order chi connectivity index (χ0) is 11.5. The Kier molecular flexibility index (Phi) is 2.92. The summed E-state index contributed by atoms with van der Waals surface area (Å²) in [5.41, 5.74) is 2.70. The molecule has 16 heavy (non-hydrogen) atoms. The van der Waals surface area contributed by atoms with Crippen LogP contribution in [0.1, 0.15) is 5.69 Å².